The predicted octanol–water partition coefficient (Wildman–Crippen LogP) is 2.35. The lowest BCUT2D eigenvalue weighted by Gasteiger charge is -2.42. The fourth-order valence-corrected chi connectivity index (χ4v) is 4.96. The summed E-state index contributed by atoms with van der Waals surface area (Å²) in [6.45, 7) is 6.15. The van der Waals surface area contributed by atoms with Crippen molar-refractivity contribution in [1.29, 1.82) is 0 Å². The van der Waals surface area contributed by atoms with E-state index in [9.17, 15) is 28.3 Å². The summed E-state index contributed by atoms with van der Waals surface area (Å²) in [5.41, 5.74) is -2.23. The third-order valence-electron chi connectivity index (χ3n) is 6.39. The van der Waals surface area contributed by atoms with E-state index < -0.39 is 46.1 Å². The number of amides is 2. The quantitative estimate of drug-likeness (QED) is 0.596. The van der Waals surface area contributed by atoms with Gasteiger partial charge in [0.05, 0.1) is 31.1 Å². The summed E-state index contributed by atoms with van der Waals surface area (Å²) >= 11 is 0. The maximum Gasteiger partial charge on any atom is 0.274 e. The minimum atomic E-state index is -1.24. The van der Waals surface area contributed by atoms with Crippen molar-refractivity contribution in [2.75, 3.05) is 33.9 Å². The van der Waals surface area contributed by atoms with E-state index >= 15 is 0 Å². The van der Waals surface area contributed by atoms with Crippen molar-refractivity contribution in [2.24, 2.45) is 0 Å². The monoisotopic (exact) mass is 507 g/mol. The molecule has 2 aromatic rings. The molecule has 0 spiro atoms. The van der Waals surface area contributed by atoms with Crippen LogP contribution in [0.25, 0.3) is 0 Å². The topological polar surface area (TPSA) is 110 Å². The van der Waals surface area contributed by atoms with E-state index in [1.54, 1.807) is 6.92 Å². The highest BCUT2D eigenvalue weighted by molar-refractivity contribution is 6.00. The van der Waals surface area contributed by atoms with Gasteiger partial charge in [-0.25, -0.2) is 8.78 Å². The molecule has 4 rings (SSSR count). The highest BCUT2D eigenvalue weighted by Crippen LogP contribution is 2.46. The number of carbonyl (C=O) groups excluding carboxylic acids is 2. The summed E-state index contributed by atoms with van der Waals surface area (Å²) in [6.07, 6.45) is -1.13. The molecule has 0 aliphatic carbocycles. The van der Waals surface area contributed by atoms with E-state index in [1.807, 2.05) is 13.8 Å². The first kappa shape index (κ1) is 27.3. The van der Waals surface area contributed by atoms with Crippen molar-refractivity contribution in [3.8, 4) is 5.75 Å². The van der Waals surface area contributed by atoms with Crippen molar-refractivity contribution in [3.63, 3.8) is 0 Å². The van der Waals surface area contributed by atoms with Crippen LogP contribution in [0.4, 0.5) is 8.78 Å². The lowest BCUT2D eigenvalue weighted by atomic mass is 9.93. The van der Waals surface area contributed by atoms with Gasteiger partial charge in [0.2, 0.25) is 5.43 Å². The zero-order chi connectivity index (χ0) is 26.8. The predicted molar refractivity (Wildman–Crippen MR) is 127 cm³/mol. The smallest absolute Gasteiger partial charge is 0.274 e. The van der Waals surface area contributed by atoms with Gasteiger partial charge in [-0.2, -0.15) is 0 Å². The van der Waals surface area contributed by atoms with Gasteiger partial charge in [0.1, 0.15) is 17.2 Å². The SMILES string of the molecule is CC.CCN1CC2(COC)CC(O)c3c(C(=O)NCc4ccc(F)cc4F)c(=O)c(OC)c(n32)C1=O. The molecule has 2 aliphatic rings. The lowest BCUT2D eigenvalue weighted by molar-refractivity contribution is 0.0214. The van der Waals surface area contributed by atoms with E-state index in [2.05, 4.69) is 5.32 Å². The number of likely N-dealkylation sites (N-methyl/N-ethyl adjacent to an activating group) is 1. The van der Waals surface area contributed by atoms with Crippen LogP contribution in [0.5, 0.6) is 5.75 Å². The van der Waals surface area contributed by atoms with E-state index in [0.29, 0.717) is 12.6 Å². The molecule has 1 aromatic heterocycles. The first-order chi connectivity index (χ1) is 17.2. The number of halogens is 2. The number of aromatic nitrogens is 1. The first-order valence-electron chi connectivity index (χ1n) is 11.7. The second kappa shape index (κ2) is 10.8. The molecule has 2 amide bonds. The third-order valence-corrected chi connectivity index (χ3v) is 6.39. The van der Waals surface area contributed by atoms with Crippen molar-refractivity contribution in [1.82, 2.24) is 14.8 Å². The number of hydrogen-bond donors (Lipinski definition) is 2. The van der Waals surface area contributed by atoms with Crippen molar-refractivity contribution < 1.29 is 33.0 Å². The Balaban J connectivity index is 0.00000176. The Morgan fingerprint density at radius 3 is 2.53 bits per heavy atom. The molecule has 1 aromatic carbocycles. The molecule has 2 unspecified atom stereocenters. The molecule has 2 N–H and O–H groups in total. The highest BCUT2D eigenvalue weighted by atomic mass is 19.1. The number of nitrogens with one attached hydrogen (secondary N) is 1. The van der Waals surface area contributed by atoms with Crippen molar-refractivity contribution in [3.05, 3.63) is 62.6 Å². The average molecular weight is 508 g/mol. The van der Waals surface area contributed by atoms with E-state index in [0.717, 1.165) is 6.07 Å². The number of aliphatic hydroxyl groups excluding tert-OH is 1. The Kier molecular flexibility index (Phi) is 8.15. The molecular formula is C25H31F2N3O6. The van der Waals surface area contributed by atoms with E-state index in [4.69, 9.17) is 9.47 Å². The highest BCUT2D eigenvalue weighted by Gasteiger charge is 2.53. The number of ether oxygens (including phenoxy) is 2. The van der Waals surface area contributed by atoms with Crippen LogP contribution in [-0.2, 0) is 16.8 Å². The van der Waals surface area contributed by atoms with Crippen LogP contribution in [0, 0.1) is 11.6 Å². The van der Waals surface area contributed by atoms with Gasteiger partial charge in [0.15, 0.2) is 11.4 Å². The Bertz CT molecular complexity index is 1230. The maximum absolute atomic E-state index is 14.0. The average Bonchev–Trinajstić information content (AvgIpc) is 3.13. The first-order valence-corrected chi connectivity index (χ1v) is 11.7. The standard InChI is InChI=1S/C23H25F2N3O6.C2H6/c1-4-27-10-23(11-33-2)8-15(29)17-16(19(30)20(34-3)18(22(27)32)28(17)23)21(31)26-9-12-5-6-13(24)7-14(12)25;1-2/h5-7,15,29H,4,8-11H2,1-3H3,(H,26,31);1-2H3. The molecular weight excluding hydrogens is 476 g/mol. The Morgan fingerprint density at radius 1 is 1.25 bits per heavy atom. The summed E-state index contributed by atoms with van der Waals surface area (Å²) in [6, 6.07) is 2.92. The number of rotatable bonds is 7. The summed E-state index contributed by atoms with van der Waals surface area (Å²) in [5.74, 6) is -3.27. The molecule has 2 aliphatic heterocycles. The van der Waals surface area contributed by atoms with Crippen molar-refractivity contribution >= 4 is 11.8 Å². The Morgan fingerprint density at radius 2 is 1.94 bits per heavy atom. The summed E-state index contributed by atoms with van der Waals surface area (Å²) in [4.78, 5) is 41.3. The summed E-state index contributed by atoms with van der Waals surface area (Å²) < 4.78 is 39.4. The van der Waals surface area contributed by atoms with Gasteiger partial charge in [0.25, 0.3) is 11.8 Å². The molecule has 196 valence electrons. The van der Waals surface area contributed by atoms with Gasteiger partial charge in [0, 0.05) is 44.8 Å². The molecule has 0 saturated carbocycles. The third kappa shape index (κ3) is 4.37. The number of methoxy groups -OCH3 is 2. The second-order valence-corrected chi connectivity index (χ2v) is 8.42. The molecule has 0 saturated heterocycles. The van der Waals surface area contributed by atoms with Crippen LogP contribution in [-0.4, -0.2) is 60.3 Å². The molecule has 0 fully saturated rings. The van der Waals surface area contributed by atoms with Crippen LogP contribution in [0.2, 0.25) is 0 Å². The minimum Gasteiger partial charge on any atom is -0.491 e. The zero-order valence-corrected chi connectivity index (χ0v) is 21.0. The van der Waals surface area contributed by atoms with Crippen LogP contribution >= 0.6 is 0 Å². The van der Waals surface area contributed by atoms with Gasteiger partial charge in [-0.05, 0) is 13.0 Å². The number of nitrogens with zero attached hydrogens (tertiary/aromatic N) is 2. The molecule has 11 heteroatoms. The molecule has 3 heterocycles. The van der Waals surface area contributed by atoms with Gasteiger partial charge in [-0.15, -0.1) is 0 Å². The van der Waals surface area contributed by atoms with Gasteiger partial charge >= 0.3 is 0 Å². The molecule has 2 atom stereocenters. The minimum absolute atomic E-state index is 0.0132. The van der Waals surface area contributed by atoms with E-state index in [-0.39, 0.29) is 48.8 Å². The second-order valence-electron chi connectivity index (χ2n) is 8.42. The molecule has 0 bridgehead atoms. The summed E-state index contributed by atoms with van der Waals surface area (Å²) in [7, 11) is 2.70. The number of aliphatic hydroxyl groups is 1. The van der Waals surface area contributed by atoms with Gasteiger partial charge in [-0.1, -0.05) is 19.9 Å². The summed E-state index contributed by atoms with van der Waals surface area (Å²) in [5, 5.41) is 13.4. The molecule has 0 radical (unpaired) electrons. The Labute approximate surface area is 207 Å². The lowest BCUT2D eigenvalue weighted by Crippen LogP contribution is -2.55. The normalized spacial score (nSPS) is 19.9. The Hall–Kier alpha value is -3.31. The largest absolute Gasteiger partial charge is 0.491 e. The number of pyridine rings is 1. The van der Waals surface area contributed by atoms with Gasteiger partial charge < -0.3 is 29.4 Å². The number of hydrogen-bond acceptors (Lipinski definition) is 6. The number of carbonyl (C=O) groups is 2. The van der Waals surface area contributed by atoms with Crippen LogP contribution < -0.4 is 15.5 Å². The number of benzene rings is 1. The molecule has 36 heavy (non-hydrogen) atoms. The van der Waals surface area contributed by atoms with Crippen LogP contribution in [0.3, 0.4) is 0 Å². The van der Waals surface area contributed by atoms with Crippen LogP contribution in [0.15, 0.2) is 23.0 Å². The fraction of sp³-hybridized carbons (Fsp3) is 0.480. The van der Waals surface area contributed by atoms with Crippen LogP contribution in [0.1, 0.15) is 65.4 Å². The zero-order valence-electron chi connectivity index (χ0n) is 21.0. The molecule has 9 nitrogen and oxygen atoms in total. The fourth-order valence-electron chi connectivity index (χ4n) is 4.96. The van der Waals surface area contributed by atoms with Gasteiger partial charge in [-0.3, -0.25) is 14.4 Å². The van der Waals surface area contributed by atoms with E-state index in [1.165, 1.54) is 29.8 Å². The maximum atomic E-state index is 14.0. The van der Waals surface area contributed by atoms with Crippen molar-refractivity contribution in [2.45, 2.75) is 45.4 Å².